The lowest BCUT2D eigenvalue weighted by Crippen LogP contribution is -2.47. The van der Waals surface area contributed by atoms with Crippen molar-refractivity contribution in [3.05, 3.63) is 59.2 Å². The van der Waals surface area contributed by atoms with Crippen molar-refractivity contribution in [2.24, 2.45) is 0 Å². The van der Waals surface area contributed by atoms with E-state index >= 15 is 0 Å². The number of halogens is 1. The summed E-state index contributed by atoms with van der Waals surface area (Å²) >= 11 is 5.94. The molecule has 3 aromatic rings. The molecule has 0 aliphatic heterocycles. The van der Waals surface area contributed by atoms with Crippen LogP contribution in [-0.4, -0.2) is 27.2 Å². The third-order valence-corrected chi connectivity index (χ3v) is 5.58. The van der Waals surface area contributed by atoms with E-state index in [1.807, 2.05) is 41.3 Å². The van der Waals surface area contributed by atoms with Crippen LogP contribution >= 0.6 is 11.6 Å². The molecule has 1 fully saturated rings. The molecule has 1 heterocycles. The number of carbonyl (C=O) groups excluding carboxylic acids is 1. The number of nitrogens with zero attached hydrogens (tertiary/aromatic N) is 3. The Bertz CT molecular complexity index is 964. The first-order chi connectivity index (χ1) is 13.6. The summed E-state index contributed by atoms with van der Waals surface area (Å²) in [4.78, 5) is 15.9. The van der Waals surface area contributed by atoms with Gasteiger partial charge in [-0.15, -0.1) is 9.94 Å². The molecule has 0 radical (unpaired) electrons. The van der Waals surface area contributed by atoms with E-state index in [-0.39, 0.29) is 12.1 Å². The van der Waals surface area contributed by atoms with Crippen molar-refractivity contribution in [3.8, 4) is 0 Å². The fourth-order valence-corrected chi connectivity index (χ4v) is 3.98. The highest BCUT2D eigenvalue weighted by Gasteiger charge is 2.27. The highest BCUT2D eigenvalue weighted by molar-refractivity contribution is 6.30. The molecule has 2 N–H and O–H groups in total. The van der Waals surface area contributed by atoms with Gasteiger partial charge in [-0.1, -0.05) is 43.0 Å². The number of carbonyl (C=O) groups is 1. The van der Waals surface area contributed by atoms with Gasteiger partial charge in [0.1, 0.15) is 5.52 Å². The molecule has 1 saturated carbocycles. The molecule has 28 heavy (non-hydrogen) atoms. The minimum atomic E-state index is -0.113. The van der Waals surface area contributed by atoms with Gasteiger partial charge in [0, 0.05) is 28.7 Å². The fourth-order valence-electron chi connectivity index (χ4n) is 3.85. The lowest BCUT2D eigenvalue weighted by atomic mass is 9.94. The molecular formula is C21H23ClN4O2. The average Bonchev–Trinajstić information content (AvgIpc) is 3.09. The van der Waals surface area contributed by atoms with Gasteiger partial charge in [0.05, 0.1) is 6.20 Å². The molecule has 146 valence electrons. The van der Waals surface area contributed by atoms with E-state index < -0.39 is 0 Å². The molecule has 0 atom stereocenters. The van der Waals surface area contributed by atoms with Crippen LogP contribution in [0.15, 0.2) is 48.7 Å². The van der Waals surface area contributed by atoms with E-state index in [0.29, 0.717) is 17.1 Å². The summed E-state index contributed by atoms with van der Waals surface area (Å²) in [6.07, 6.45) is 7.05. The van der Waals surface area contributed by atoms with Crippen LogP contribution in [0.3, 0.4) is 0 Å². The molecule has 2 aromatic carbocycles. The minimum absolute atomic E-state index is 0.113. The van der Waals surface area contributed by atoms with E-state index in [2.05, 4.69) is 10.4 Å². The Morgan fingerprint density at radius 3 is 2.68 bits per heavy atom. The molecule has 2 amide bonds. The van der Waals surface area contributed by atoms with Crippen LogP contribution in [0.1, 0.15) is 37.7 Å². The van der Waals surface area contributed by atoms with E-state index in [1.165, 1.54) is 6.42 Å². The van der Waals surface area contributed by atoms with Crippen molar-refractivity contribution in [2.75, 3.05) is 4.90 Å². The molecule has 1 aromatic heterocycles. The first kappa shape index (κ1) is 18.6. The molecule has 1 aliphatic rings. The zero-order valence-corrected chi connectivity index (χ0v) is 16.3. The SMILES string of the molecule is O=C(NCc1ccc(Cl)cc1)N(c1ccc2c(cnn2O)c1)C1CCCCC1. The third kappa shape index (κ3) is 3.92. The number of hydrogen-bond acceptors (Lipinski definition) is 3. The number of anilines is 1. The van der Waals surface area contributed by atoms with Gasteiger partial charge in [0.2, 0.25) is 0 Å². The van der Waals surface area contributed by atoms with Crippen LogP contribution in [0.2, 0.25) is 5.02 Å². The van der Waals surface area contributed by atoms with Crippen molar-refractivity contribution in [1.29, 1.82) is 0 Å². The fraction of sp³-hybridized carbons (Fsp3) is 0.333. The summed E-state index contributed by atoms with van der Waals surface area (Å²) in [5.41, 5.74) is 2.44. The van der Waals surface area contributed by atoms with Crippen LogP contribution in [-0.2, 0) is 6.54 Å². The van der Waals surface area contributed by atoms with Crippen LogP contribution in [0.25, 0.3) is 10.9 Å². The summed E-state index contributed by atoms with van der Waals surface area (Å²) in [6.45, 7) is 0.441. The Labute approximate surface area is 168 Å². The number of fused-ring (bicyclic) bond motifs is 1. The number of nitrogens with one attached hydrogen (secondary N) is 1. The largest absolute Gasteiger partial charge is 0.411 e. The van der Waals surface area contributed by atoms with Gasteiger partial charge in [0.15, 0.2) is 0 Å². The second-order valence-electron chi connectivity index (χ2n) is 7.22. The molecular weight excluding hydrogens is 376 g/mol. The maximum atomic E-state index is 13.1. The quantitative estimate of drug-likeness (QED) is 0.609. The number of aromatic nitrogens is 2. The molecule has 1 aliphatic carbocycles. The molecule has 0 spiro atoms. The van der Waals surface area contributed by atoms with Gasteiger partial charge in [-0.25, -0.2) is 4.79 Å². The summed E-state index contributed by atoms with van der Waals surface area (Å²) in [7, 11) is 0. The van der Waals surface area contributed by atoms with Crippen molar-refractivity contribution >= 4 is 34.2 Å². The predicted molar refractivity (Wildman–Crippen MR) is 110 cm³/mol. The van der Waals surface area contributed by atoms with Gasteiger partial charge in [0.25, 0.3) is 0 Å². The van der Waals surface area contributed by atoms with Crippen molar-refractivity contribution < 1.29 is 10.0 Å². The summed E-state index contributed by atoms with van der Waals surface area (Å²) < 4.78 is 0. The van der Waals surface area contributed by atoms with E-state index in [9.17, 15) is 10.0 Å². The maximum absolute atomic E-state index is 13.1. The molecule has 6 nitrogen and oxygen atoms in total. The number of amides is 2. The summed E-state index contributed by atoms with van der Waals surface area (Å²) in [5.74, 6) is 0. The zero-order valence-electron chi connectivity index (χ0n) is 15.5. The predicted octanol–water partition coefficient (Wildman–Crippen LogP) is 4.98. The zero-order chi connectivity index (χ0) is 19.5. The standard InChI is InChI=1S/C21H23ClN4O2/c22-17-8-6-15(7-9-17)13-23-21(27)25(18-4-2-1-3-5-18)19-10-11-20-16(12-19)14-24-26(20)28/h6-12,14,18,28H,1-5,13H2,(H,23,27). The van der Waals surface area contributed by atoms with Gasteiger partial charge in [-0.2, -0.15) is 0 Å². The van der Waals surface area contributed by atoms with Gasteiger partial charge in [-0.3, -0.25) is 4.90 Å². The van der Waals surface area contributed by atoms with Gasteiger partial charge in [-0.05, 0) is 48.7 Å². The average molecular weight is 399 g/mol. The van der Waals surface area contributed by atoms with E-state index in [4.69, 9.17) is 11.6 Å². The minimum Gasteiger partial charge on any atom is -0.411 e. The Hall–Kier alpha value is -2.73. The second kappa shape index (κ2) is 8.10. The Morgan fingerprint density at radius 1 is 1.18 bits per heavy atom. The monoisotopic (exact) mass is 398 g/mol. The van der Waals surface area contributed by atoms with Crippen molar-refractivity contribution in [3.63, 3.8) is 0 Å². The number of rotatable bonds is 4. The highest BCUT2D eigenvalue weighted by Crippen LogP contribution is 2.29. The number of benzene rings is 2. The van der Waals surface area contributed by atoms with E-state index in [0.717, 1.165) is 47.2 Å². The summed E-state index contributed by atoms with van der Waals surface area (Å²) in [5, 5.41) is 18.1. The third-order valence-electron chi connectivity index (χ3n) is 5.33. The van der Waals surface area contributed by atoms with Crippen LogP contribution in [0.4, 0.5) is 10.5 Å². The van der Waals surface area contributed by atoms with Crippen molar-refractivity contribution in [1.82, 2.24) is 15.3 Å². The Kier molecular flexibility index (Phi) is 5.39. The second-order valence-corrected chi connectivity index (χ2v) is 7.66. The molecule has 7 heteroatoms. The maximum Gasteiger partial charge on any atom is 0.322 e. The van der Waals surface area contributed by atoms with Crippen LogP contribution in [0.5, 0.6) is 0 Å². The number of urea groups is 1. The normalized spacial score (nSPS) is 14.9. The molecule has 0 saturated heterocycles. The first-order valence-corrected chi connectivity index (χ1v) is 9.98. The lowest BCUT2D eigenvalue weighted by molar-refractivity contribution is 0.161. The Balaban J connectivity index is 1.58. The Morgan fingerprint density at radius 2 is 1.93 bits per heavy atom. The van der Waals surface area contributed by atoms with Gasteiger partial charge >= 0.3 is 6.03 Å². The van der Waals surface area contributed by atoms with E-state index in [1.54, 1.807) is 12.3 Å². The van der Waals surface area contributed by atoms with Gasteiger partial charge < -0.3 is 10.5 Å². The van der Waals surface area contributed by atoms with Crippen LogP contribution < -0.4 is 10.2 Å². The number of hydrogen-bond donors (Lipinski definition) is 2. The molecule has 0 unspecified atom stereocenters. The lowest BCUT2D eigenvalue weighted by Gasteiger charge is -2.34. The smallest absolute Gasteiger partial charge is 0.322 e. The summed E-state index contributed by atoms with van der Waals surface area (Å²) in [6, 6.07) is 13.1. The van der Waals surface area contributed by atoms with Crippen LogP contribution in [0, 0.1) is 0 Å². The highest BCUT2D eigenvalue weighted by atomic mass is 35.5. The van der Waals surface area contributed by atoms with Crippen molar-refractivity contribution in [2.45, 2.75) is 44.7 Å². The first-order valence-electron chi connectivity index (χ1n) is 9.60. The molecule has 4 rings (SSSR count). The molecule has 0 bridgehead atoms. The topological polar surface area (TPSA) is 70.4 Å².